The molecule has 0 bridgehead atoms. The van der Waals surface area contributed by atoms with Crippen LogP contribution in [0.4, 0.5) is 41.9 Å². The molecule has 0 aliphatic heterocycles. The van der Waals surface area contributed by atoms with Gasteiger partial charge < -0.3 is 10.6 Å². The number of nitro groups is 1. The molecule has 29 heavy (non-hydrogen) atoms. The van der Waals surface area contributed by atoms with Crippen LogP contribution in [0.2, 0.25) is 0 Å². The van der Waals surface area contributed by atoms with Gasteiger partial charge in [-0.1, -0.05) is 12.1 Å². The molecule has 2 N–H and O–H groups in total. The monoisotopic (exact) mass is 403 g/mol. The average molecular weight is 403 g/mol. The van der Waals surface area contributed by atoms with Gasteiger partial charge in [0.15, 0.2) is 0 Å². The van der Waals surface area contributed by atoms with Crippen molar-refractivity contribution >= 4 is 28.7 Å². The van der Waals surface area contributed by atoms with Gasteiger partial charge in [-0.2, -0.15) is 13.2 Å². The third-order valence-electron chi connectivity index (χ3n) is 4.13. The number of alkyl halides is 3. The van der Waals surface area contributed by atoms with Crippen LogP contribution in [-0.4, -0.2) is 14.9 Å². The van der Waals surface area contributed by atoms with Gasteiger partial charge in [0.05, 0.1) is 10.5 Å². The highest BCUT2D eigenvalue weighted by atomic mass is 19.4. The Kier molecular flexibility index (Phi) is 5.35. The van der Waals surface area contributed by atoms with Crippen molar-refractivity contribution in [2.45, 2.75) is 20.0 Å². The minimum atomic E-state index is -4.47. The van der Waals surface area contributed by atoms with E-state index in [2.05, 4.69) is 20.6 Å². The van der Waals surface area contributed by atoms with E-state index < -0.39 is 22.4 Å². The van der Waals surface area contributed by atoms with E-state index in [4.69, 9.17) is 0 Å². The van der Waals surface area contributed by atoms with Gasteiger partial charge in [-0.15, -0.1) is 0 Å². The first-order valence-corrected chi connectivity index (χ1v) is 8.43. The average Bonchev–Trinajstić information content (AvgIpc) is 2.64. The molecule has 0 amide bonds. The van der Waals surface area contributed by atoms with Crippen LogP contribution in [0.1, 0.15) is 16.7 Å². The SMILES string of the molecule is Cc1ccc(C)c(Nc2ncnc(Nc3ccc(C(F)(F)F)cc3)c2[N+](=O)[O-])c1. The molecule has 7 nitrogen and oxygen atoms in total. The van der Waals surface area contributed by atoms with Gasteiger partial charge in [-0.05, 0) is 55.3 Å². The van der Waals surface area contributed by atoms with Crippen molar-refractivity contribution in [2.24, 2.45) is 0 Å². The van der Waals surface area contributed by atoms with E-state index in [-0.39, 0.29) is 17.3 Å². The summed E-state index contributed by atoms with van der Waals surface area (Å²) in [5.41, 5.74) is 1.44. The summed E-state index contributed by atoms with van der Waals surface area (Å²) < 4.78 is 38.1. The molecule has 0 saturated carbocycles. The van der Waals surface area contributed by atoms with Crippen LogP contribution in [0.15, 0.2) is 48.8 Å². The fourth-order valence-electron chi connectivity index (χ4n) is 2.61. The number of anilines is 4. The topological polar surface area (TPSA) is 93.0 Å². The van der Waals surface area contributed by atoms with Gasteiger partial charge in [0.2, 0.25) is 11.6 Å². The Balaban J connectivity index is 1.95. The second-order valence-electron chi connectivity index (χ2n) is 6.32. The highest BCUT2D eigenvalue weighted by molar-refractivity contribution is 5.77. The highest BCUT2D eigenvalue weighted by Gasteiger charge is 2.30. The fourth-order valence-corrected chi connectivity index (χ4v) is 2.61. The molecule has 0 aliphatic rings. The van der Waals surface area contributed by atoms with E-state index in [1.54, 1.807) is 0 Å². The first-order chi connectivity index (χ1) is 13.6. The molecule has 150 valence electrons. The summed E-state index contributed by atoms with van der Waals surface area (Å²) in [5.74, 6) is -0.175. The molecule has 1 aromatic heterocycles. The van der Waals surface area contributed by atoms with Gasteiger partial charge in [0.25, 0.3) is 0 Å². The molecule has 0 aliphatic carbocycles. The van der Waals surface area contributed by atoms with Crippen LogP contribution < -0.4 is 10.6 Å². The molecular weight excluding hydrogens is 387 g/mol. The number of rotatable bonds is 5. The van der Waals surface area contributed by atoms with Gasteiger partial charge in [0.1, 0.15) is 6.33 Å². The molecule has 0 spiro atoms. The third kappa shape index (κ3) is 4.60. The summed E-state index contributed by atoms with van der Waals surface area (Å²) in [6, 6.07) is 9.71. The van der Waals surface area contributed by atoms with Crippen molar-refractivity contribution in [3.63, 3.8) is 0 Å². The number of hydrogen-bond donors (Lipinski definition) is 2. The molecule has 3 rings (SSSR count). The van der Waals surface area contributed by atoms with Crippen molar-refractivity contribution in [3.8, 4) is 0 Å². The van der Waals surface area contributed by atoms with Gasteiger partial charge in [-0.25, -0.2) is 9.97 Å². The summed E-state index contributed by atoms with van der Waals surface area (Å²) in [6.07, 6.45) is -3.34. The zero-order valence-electron chi connectivity index (χ0n) is 15.4. The maximum atomic E-state index is 12.7. The summed E-state index contributed by atoms with van der Waals surface area (Å²) in [5, 5.41) is 17.3. The smallest absolute Gasteiger partial charge is 0.334 e. The second-order valence-corrected chi connectivity index (χ2v) is 6.32. The number of benzene rings is 2. The molecular formula is C19H16F3N5O2. The molecule has 0 unspecified atom stereocenters. The Morgan fingerprint density at radius 2 is 1.59 bits per heavy atom. The van der Waals surface area contributed by atoms with E-state index in [0.29, 0.717) is 5.69 Å². The van der Waals surface area contributed by atoms with E-state index in [9.17, 15) is 23.3 Å². The quantitative estimate of drug-likeness (QED) is 0.431. The lowest BCUT2D eigenvalue weighted by molar-refractivity contribution is -0.383. The van der Waals surface area contributed by atoms with E-state index >= 15 is 0 Å². The molecule has 0 saturated heterocycles. The molecule has 3 aromatic rings. The summed E-state index contributed by atoms with van der Waals surface area (Å²) in [4.78, 5) is 18.8. The van der Waals surface area contributed by atoms with E-state index in [0.717, 1.165) is 29.6 Å². The Morgan fingerprint density at radius 1 is 0.966 bits per heavy atom. The number of aromatic nitrogens is 2. The molecule has 1 heterocycles. The molecule has 0 radical (unpaired) electrons. The number of hydrogen-bond acceptors (Lipinski definition) is 6. The lowest BCUT2D eigenvalue weighted by Gasteiger charge is -2.12. The molecule has 0 atom stereocenters. The van der Waals surface area contributed by atoms with E-state index in [1.165, 1.54) is 12.1 Å². The molecule has 10 heteroatoms. The van der Waals surface area contributed by atoms with Crippen molar-refractivity contribution in [1.29, 1.82) is 0 Å². The van der Waals surface area contributed by atoms with Crippen molar-refractivity contribution in [2.75, 3.05) is 10.6 Å². The van der Waals surface area contributed by atoms with Gasteiger partial charge >= 0.3 is 11.9 Å². The molecule has 2 aromatic carbocycles. The zero-order chi connectivity index (χ0) is 21.2. The van der Waals surface area contributed by atoms with Crippen LogP contribution in [0, 0.1) is 24.0 Å². The maximum absolute atomic E-state index is 12.7. The molecule has 0 fully saturated rings. The lowest BCUT2D eigenvalue weighted by Crippen LogP contribution is -2.07. The number of nitrogens with zero attached hydrogens (tertiary/aromatic N) is 3. The Morgan fingerprint density at radius 3 is 2.17 bits per heavy atom. The first-order valence-electron chi connectivity index (χ1n) is 8.43. The van der Waals surface area contributed by atoms with Gasteiger partial charge in [0, 0.05) is 11.4 Å². The second kappa shape index (κ2) is 7.74. The minimum absolute atomic E-state index is 0.0342. The van der Waals surface area contributed by atoms with Crippen LogP contribution in [0.5, 0.6) is 0 Å². The normalized spacial score (nSPS) is 11.2. The van der Waals surface area contributed by atoms with Crippen LogP contribution in [-0.2, 0) is 6.18 Å². The number of nitrogens with one attached hydrogen (secondary N) is 2. The van der Waals surface area contributed by atoms with Crippen LogP contribution in [0.25, 0.3) is 0 Å². The zero-order valence-corrected chi connectivity index (χ0v) is 15.4. The lowest BCUT2D eigenvalue weighted by atomic mass is 10.1. The highest BCUT2D eigenvalue weighted by Crippen LogP contribution is 2.35. The minimum Gasteiger partial charge on any atom is -0.334 e. The Bertz CT molecular complexity index is 1050. The van der Waals surface area contributed by atoms with E-state index in [1.807, 2.05) is 32.0 Å². The number of aryl methyl sites for hydroxylation is 2. The largest absolute Gasteiger partial charge is 0.416 e. The predicted octanol–water partition coefficient (Wildman–Crippen LogP) is 5.51. The first kappa shape index (κ1) is 20.1. The summed E-state index contributed by atoms with van der Waals surface area (Å²) in [6.45, 7) is 3.73. The Hall–Kier alpha value is -3.69. The van der Waals surface area contributed by atoms with Gasteiger partial charge in [-0.3, -0.25) is 10.1 Å². The standard InChI is InChI=1S/C19H16F3N5O2/c1-11-3-4-12(2)15(9-11)26-18-16(27(28)29)17(23-10-24-18)25-14-7-5-13(6-8-14)19(20,21)22/h3-10H,1-2H3,(H2,23,24,25,26). The van der Waals surface area contributed by atoms with Crippen LogP contribution >= 0.6 is 0 Å². The summed E-state index contributed by atoms with van der Waals surface area (Å²) >= 11 is 0. The fraction of sp³-hybridized carbons (Fsp3) is 0.158. The van der Waals surface area contributed by atoms with Crippen molar-refractivity contribution in [3.05, 3.63) is 75.6 Å². The Labute approximate surface area is 163 Å². The maximum Gasteiger partial charge on any atom is 0.416 e. The summed E-state index contributed by atoms with van der Waals surface area (Å²) in [7, 11) is 0. The number of halogens is 3. The predicted molar refractivity (Wildman–Crippen MR) is 103 cm³/mol. The van der Waals surface area contributed by atoms with Crippen molar-refractivity contribution in [1.82, 2.24) is 9.97 Å². The van der Waals surface area contributed by atoms with Crippen LogP contribution in [0.3, 0.4) is 0 Å². The van der Waals surface area contributed by atoms with Crippen molar-refractivity contribution < 1.29 is 18.1 Å². The third-order valence-corrected chi connectivity index (χ3v) is 4.13.